The number of hydrazone groups is 1. The molecule has 26 heavy (non-hydrogen) atoms. The van der Waals surface area contributed by atoms with E-state index in [1.807, 2.05) is 36.4 Å². The van der Waals surface area contributed by atoms with Crippen LogP contribution in [0.5, 0.6) is 11.5 Å². The van der Waals surface area contributed by atoms with Crippen molar-refractivity contribution in [2.75, 3.05) is 6.61 Å². The van der Waals surface area contributed by atoms with Crippen LogP contribution >= 0.6 is 31.9 Å². The zero-order valence-corrected chi connectivity index (χ0v) is 17.3. The maximum Gasteiger partial charge on any atom is 0.280 e. The van der Waals surface area contributed by atoms with Crippen LogP contribution in [-0.2, 0) is 4.79 Å². The normalized spacial score (nSPS) is 11.8. The minimum atomic E-state index is -0.704. The first kappa shape index (κ1) is 20.2. The minimum absolute atomic E-state index is 0.361. The number of para-hydroxylation sites is 1. The third-order valence-corrected chi connectivity index (χ3v) is 4.36. The van der Waals surface area contributed by atoms with E-state index in [9.17, 15) is 4.79 Å². The zero-order valence-electron chi connectivity index (χ0n) is 14.1. The molecule has 136 valence electrons. The molecule has 0 heterocycles. The van der Waals surface area contributed by atoms with E-state index in [1.165, 1.54) is 6.21 Å². The lowest BCUT2D eigenvalue weighted by atomic mass is 10.2. The second kappa shape index (κ2) is 10.1. The van der Waals surface area contributed by atoms with Gasteiger partial charge in [-0.15, -0.1) is 0 Å². The lowest BCUT2D eigenvalue weighted by Gasteiger charge is -2.14. The van der Waals surface area contributed by atoms with Gasteiger partial charge >= 0.3 is 0 Å². The molecule has 0 spiro atoms. The number of carbonyl (C=O) groups excluding carboxylic acids is 1. The van der Waals surface area contributed by atoms with Gasteiger partial charge in [0.2, 0.25) is 0 Å². The summed E-state index contributed by atoms with van der Waals surface area (Å²) in [6.45, 7) is 5.66. The number of amides is 1. The molecular weight excluding hydrogens is 464 g/mol. The molecule has 5 nitrogen and oxygen atoms in total. The summed E-state index contributed by atoms with van der Waals surface area (Å²) in [6.07, 6.45) is 2.47. The Labute approximate surface area is 169 Å². The van der Waals surface area contributed by atoms with Gasteiger partial charge in [0, 0.05) is 10.0 Å². The average molecular weight is 482 g/mol. The smallest absolute Gasteiger partial charge is 0.280 e. The summed E-state index contributed by atoms with van der Waals surface area (Å²) >= 11 is 6.78. The molecular formula is C19H18Br2N2O3. The van der Waals surface area contributed by atoms with Crippen molar-refractivity contribution in [1.29, 1.82) is 0 Å². The van der Waals surface area contributed by atoms with Gasteiger partial charge < -0.3 is 9.47 Å². The molecule has 2 aromatic carbocycles. The summed E-state index contributed by atoms with van der Waals surface area (Å²) in [6, 6.07) is 12.8. The summed E-state index contributed by atoms with van der Waals surface area (Å²) in [4.78, 5) is 12.2. The Morgan fingerprint density at radius 2 is 2.04 bits per heavy atom. The van der Waals surface area contributed by atoms with E-state index >= 15 is 0 Å². The molecule has 0 aromatic heterocycles. The highest BCUT2D eigenvalue weighted by Gasteiger charge is 2.15. The predicted molar refractivity (Wildman–Crippen MR) is 110 cm³/mol. The highest BCUT2D eigenvalue weighted by Crippen LogP contribution is 2.25. The molecule has 7 heteroatoms. The molecule has 0 saturated heterocycles. The number of ether oxygens (including phenoxy) is 2. The van der Waals surface area contributed by atoms with Crippen LogP contribution < -0.4 is 14.9 Å². The highest BCUT2D eigenvalue weighted by molar-refractivity contribution is 9.10. The monoisotopic (exact) mass is 480 g/mol. The molecule has 2 aromatic rings. The van der Waals surface area contributed by atoms with Gasteiger partial charge in [-0.05, 0) is 53.2 Å². The lowest BCUT2D eigenvalue weighted by Crippen LogP contribution is -2.33. The quantitative estimate of drug-likeness (QED) is 0.338. The first-order valence-corrected chi connectivity index (χ1v) is 9.37. The van der Waals surface area contributed by atoms with Gasteiger partial charge in [0.25, 0.3) is 5.91 Å². The Morgan fingerprint density at radius 1 is 1.27 bits per heavy atom. The number of rotatable bonds is 8. The van der Waals surface area contributed by atoms with Gasteiger partial charge in [-0.3, -0.25) is 4.79 Å². The Hall–Kier alpha value is -2.12. The molecule has 0 aliphatic carbocycles. The average Bonchev–Trinajstić information content (AvgIpc) is 2.62. The third kappa shape index (κ3) is 6.00. The van der Waals surface area contributed by atoms with E-state index < -0.39 is 6.10 Å². The molecule has 2 rings (SSSR count). The number of carbonyl (C=O) groups is 1. The van der Waals surface area contributed by atoms with Gasteiger partial charge in [-0.25, -0.2) is 5.43 Å². The van der Waals surface area contributed by atoms with Crippen molar-refractivity contribution in [3.8, 4) is 11.5 Å². The van der Waals surface area contributed by atoms with Gasteiger partial charge in [0.15, 0.2) is 6.10 Å². The van der Waals surface area contributed by atoms with Crippen LogP contribution in [0.25, 0.3) is 0 Å². The lowest BCUT2D eigenvalue weighted by molar-refractivity contribution is -0.127. The number of benzene rings is 2. The van der Waals surface area contributed by atoms with E-state index in [1.54, 1.807) is 19.1 Å². The van der Waals surface area contributed by atoms with Crippen LogP contribution in [0.4, 0.5) is 0 Å². The van der Waals surface area contributed by atoms with E-state index in [0.29, 0.717) is 18.1 Å². The fourth-order valence-electron chi connectivity index (χ4n) is 1.94. The second-order valence-electron chi connectivity index (χ2n) is 5.21. The fourth-order valence-corrected chi connectivity index (χ4v) is 2.70. The zero-order chi connectivity index (χ0) is 18.9. The third-order valence-electron chi connectivity index (χ3n) is 3.22. The number of halogens is 2. The molecule has 0 fully saturated rings. The van der Waals surface area contributed by atoms with Gasteiger partial charge in [0.1, 0.15) is 18.1 Å². The molecule has 1 unspecified atom stereocenters. The van der Waals surface area contributed by atoms with Crippen LogP contribution in [0.15, 0.2) is 69.2 Å². The van der Waals surface area contributed by atoms with Crippen molar-refractivity contribution < 1.29 is 14.3 Å². The van der Waals surface area contributed by atoms with Crippen molar-refractivity contribution in [1.82, 2.24) is 5.43 Å². The van der Waals surface area contributed by atoms with Crippen LogP contribution in [0.2, 0.25) is 0 Å². The second-order valence-corrected chi connectivity index (χ2v) is 6.98. The van der Waals surface area contributed by atoms with E-state index in [2.05, 4.69) is 49.0 Å². The molecule has 0 radical (unpaired) electrons. The molecule has 1 atom stereocenters. The van der Waals surface area contributed by atoms with Crippen molar-refractivity contribution in [3.05, 3.63) is 69.6 Å². The summed E-state index contributed by atoms with van der Waals surface area (Å²) in [5, 5.41) is 3.99. The first-order chi connectivity index (χ1) is 12.5. The number of hydrogen-bond donors (Lipinski definition) is 1. The Bertz CT molecular complexity index is 809. The summed E-state index contributed by atoms with van der Waals surface area (Å²) < 4.78 is 12.9. The molecule has 1 amide bonds. The molecule has 0 aliphatic heterocycles. The SMILES string of the molecule is C=CCOc1ccc(Br)cc1/C=N/NC(=O)C(C)Oc1ccccc1Br. The Kier molecular flexibility index (Phi) is 7.87. The number of nitrogens with one attached hydrogen (secondary N) is 1. The van der Waals surface area contributed by atoms with Gasteiger partial charge in [-0.1, -0.05) is 40.7 Å². The van der Waals surface area contributed by atoms with Crippen LogP contribution in [0, 0.1) is 0 Å². The predicted octanol–water partition coefficient (Wildman–Crippen LogP) is 4.69. The summed E-state index contributed by atoms with van der Waals surface area (Å²) in [7, 11) is 0. The summed E-state index contributed by atoms with van der Waals surface area (Å²) in [5.41, 5.74) is 3.20. The van der Waals surface area contributed by atoms with Crippen LogP contribution in [-0.4, -0.2) is 24.8 Å². The van der Waals surface area contributed by atoms with Crippen LogP contribution in [0.1, 0.15) is 12.5 Å². The molecule has 0 aliphatic rings. The van der Waals surface area contributed by atoms with Crippen LogP contribution in [0.3, 0.4) is 0 Å². The Morgan fingerprint density at radius 3 is 2.77 bits per heavy atom. The van der Waals surface area contributed by atoms with Gasteiger partial charge in [0.05, 0.1) is 10.7 Å². The topological polar surface area (TPSA) is 59.9 Å². The van der Waals surface area contributed by atoms with E-state index in [-0.39, 0.29) is 5.91 Å². The first-order valence-electron chi connectivity index (χ1n) is 7.78. The standard InChI is InChI=1S/C19H18Br2N2O3/c1-3-10-25-17-9-8-15(20)11-14(17)12-22-23-19(24)13(2)26-18-7-5-4-6-16(18)21/h3-9,11-13H,1,10H2,2H3,(H,23,24)/b22-12+. The van der Waals surface area contributed by atoms with E-state index in [4.69, 9.17) is 9.47 Å². The largest absolute Gasteiger partial charge is 0.489 e. The molecule has 1 N–H and O–H groups in total. The van der Waals surface area contributed by atoms with E-state index in [0.717, 1.165) is 14.5 Å². The maximum atomic E-state index is 12.2. The Balaban J connectivity index is 1.99. The van der Waals surface area contributed by atoms with Crippen molar-refractivity contribution >= 4 is 44.0 Å². The fraction of sp³-hybridized carbons (Fsp3) is 0.158. The minimum Gasteiger partial charge on any atom is -0.489 e. The number of nitrogens with zero attached hydrogens (tertiary/aromatic N) is 1. The summed E-state index contributed by atoms with van der Waals surface area (Å²) in [5.74, 6) is 0.871. The van der Waals surface area contributed by atoms with Gasteiger partial charge in [-0.2, -0.15) is 5.10 Å². The van der Waals surface area contributed by atoms with Crippen molar-refractivity contribution in [3.63, 3.8) is 0 Å². The molecule has 0 saturated carbocycles. The van der Waals surface area contributed by atoms with Crippen molar-refractivity contribution in [2.45, 2.75) is 13.0 Å². The number of hydrogen-bond acceptors (Lipinski definition) is 4. The maximum absolute atomic E-state index is 12.2. The highest BCUT2D eigenvalue weighted by atomic mass is 79.9. The van der Waals surface area contributed by atoms with Crippen molar-refractivity contribution in [2.24, 2.45) is 5.10 Å². The molecule has 0 bridgehead atoms.